The first-order valence-corrected chi connectivity index (χ1v) is 11.9. The maximum Gasteiger partial charge on any atom is 0.267 e. The van der Waals surface area contributed by atoms with Crippen molar-refractivity contribution in [2.45, 2.75) is 11.8 Å². The largest absolute Gasteiger partial charge is 0.289 e. The van der Waals surface area contributed by atoms with E-state index in [0.717, 1.165) is 20.1 Å². The molecule has 1 aromatic carbocycles. The molecule has 0 aliphatic carbocycles. The monoisotopic (exact) mass is 440 g/mol. The SMILES string of the molecule is Cc1ccc(S(=O)(=O)n2ccc(C(=O)/C=C/c3csc(-c4ccsc4)n3)c2)cc1. The lowest BCUT2D eigenvalue weighted by Gasteiger charge is -2.05. The number of thiophene rings is 1. The predicted octanol–water partition coefficient (Wildman–Crippen LogP) is 5.11. The summed E-state index contributed by atoms with van der Waals surface area (Å²) >= 11 is 3.12. The lowest BCUT2D eigenvalue weighted by Crippen LogP contribution is -2.11. The molecule has 0 radical (unpaired) electrons. The topological polar surface area (TPSA) is 69.0 Å². The summed E-state index contributed by atoms with van der Waals surface area (Å²) in [6, 6.07) is 10.1. The fourth-order valence-electron chi connectivity index (χ4n) is 2.64. The van der Waals surface area contributed by atoms with Crippen LogP contribution in [0.5, 0.6) is 0 Å². The van der Waals surface area contributed by atoms with Gasteiger partial charge in [-0.3, -0.25) is 4.79 Å². The Bertz CT molecular complexity index is 1280. The van der Waals surface area contributed by atoms with Crippen molar-refractivity contribution >= 4 is 44.6 Å². The number of carbonyl (C=O) groups is 1. The highest BCUT2D eigenvalue weighted by molar-refractivity contribution is 7.90. The summed E-state index contributed by atoms with van der Waals surface area (Å²) < 4.78 is 26.5. The second-order valence-corrected chi connectivity index (χ2v) is 9.82. The van der Waals surface area contributed by atoms with Crippen molar-refractivity contribution in [3.05, 3.63) is 87.8 Å². The van der Waals surface area contributed by atoms with Gasteiger partial charge in [-0.1, -0.05) is 17.7 Å². The van der Waals surface area contributed by atoms with Gasteiger partial charge in [0.25, 0.3) is 10.0 Å². The third kappa shape index (κ3) is 4.14. The lowest BCUT2D eigenvalue weighted by atomic mass is 10.2. The van der Waals surface area contributed by atoms with Crippen LogP contribution >= 0.6 is 22.7 Å². The molecule has 0 spiro atoms. The average Bonchev–Trinajstić information content (AvgIpc) is 3.48. The van der Waals surface area contributed by atoms with Gasteiger partial charge in [-0.2, -0.15) is 11.3 Å². The van der Waals surface area contributed by atoms with Gasteiger partial charge in [0, 0.05) is 34.3 Å². The number of carbonyl (C=O) groups excluding carboxylic acids is 1. The van der Waals surface area contributed by atoms with E-state index in [1.807, 2.05) is 29.1 Å². The summed E-state index contributed by atoms with van der Waals surface area (Å²) in [5, 5.41) is 6.79. The molecule has 0 bridgehead atoms. The molecule has 29 heavy (non-hydrogen) atoms. The number of allylic oxidation sites excluding steroid dienone is 1. The van der Waals surface area contributed by atoms with Crippen molar-refractivity contribution < 1.29 is 13.2 Å². The van der Waals surface area contributed by atoms with Gasteiger partial charge in [0.2, 0.25) is 0 Å². The molecule has 4 aromatic rings. The summed E-state index contributed by atoms with van der Waals surface area (Å²) in [6.07, 6.45) is 5.76. The number of ketones is 1. The number of hydrogen-bond acceptors (Lipinski definition) is 6. The molecule has 0 saturated carbocycles. The molecule has 5 nitrogen and oxygen atoms in total. The van der Waals surface area contributed by atoms with Gasteiger partial charge in [0.15, 0.2) is 5.78 Å². The molecule has 0 aliphatic heterocycles. The van der Waals surface area contributed by atoms with E-state index in [1.54, 1.807) is 41.7 Å². The summed E-state index contributed by atoms with van der Waals surface area (Å²) in [4.78, 5) is 17.1. The predicted molar refractivity (Wildman–Crippen MR) is 117 cm³/mol. The van der Waals surface area contributed by atoms with Gasteiger partial charge in [0.05, 0.1) is 10.6 Å². The highest BCUT2D eigenvalue weighted by atomic mass is 32.2. The molecule has 0 fully saturated rings. The number of aryl methyl sites for hydroxylation is 1. The minimum absolute atomic E-state index is 0.177. The first kappa shape index (κ1) is 19.5. The van der Waals surface area contributed by atoms with Gasteiger partial charge in [0.1, 0.15) is 5.01 Å². The van der Waals surface area contributed by atoms with Gasteiger partial charge in [-0.15, -0.1) is 11.3 Å². The van der Waals surface area contributed by atoms with Crippen molar-refractivity contribution in [1.82, 2.24) is 8.96 Å². The zero-order valence-electron chi connectivity index (χ0n) is 15.3. The first-order valence-electron chi connectivity index (χ1n) is 8.64. The molecule has 0 aliphatic rings. The summed E-state index contributed by atoms with van der Waals surface area (Å²) in [6.45, 7) is 1.89. The van der Waals surface area contributed by atoms with E-state index in [2.05, 4.69) is 4.98 Å². The van der Waals surface area contributed by atoms with E-state index in [1.165, 1.54) is 35.9 Å². The Morgan fingerprint density at radius 2 is 1.90 bits per heavy atom. The zero-order chi connectivity index (χ0) is 20.4. The van der Waals surface area contributed by atoms with Crippen molar-refractivity contribution in [3.63, 3.8) is 0 Å². The quantitative estimate of drug-likeness (QED) is 0.308. The maximum atomic E-state index is 12.7. The van der Waals surface area contributed by atoms with E-state index in [9.17, 15) is 13.2 Å². The molecule has 8 heteroatoms. The Hall–Kier alpha value is -2.81. The number of nitrogens with zero attached hydrogens (tertiary/aromatic N) is 2. The number of rotatable bonds is 6. The van der Waals surface area contributed by atoms with Crippen LogP contribution in [0.2, 0.25) is 0 Å². The molecule has 0 atom stereocenters. The van der Waals surface area contributed by atoms with Gasteiger partial charge in [-0.05, 0) is 48.7 Å². The van der Waals surface area contributed by atoms with Gasteiger partial charge < -0.3 is 0 Å². The Balaban J connectivity index is 1.51. The molecular formula is C21H16N2O3S3. The maximum absolute atomic E-state index is 12.7. The van der Waals surface area contributed by atoms with Crippen LogP contribution in [0.1, 0.15) is 21.6 Å². The number of hydrogen-bond donors (Lipinski definition) is 0. The second-order valence-electron chi connectivity index (χ2n) is 6.34. The van der Waals surface area contributed by atoms with E-state index in [0.29, 0.717) is 11.3 Å². The van der Waals surface area contributed by atoms with E-state index in [-0.39, 0.29) is 10.7 Å². The van der Waals surface area contributed by atoms with Crippen LogP contribution in [0.15, 0.2) is 75.9 Å². The van der Waals surface area contributed by atoms with Crippen LogP contribution in [-0.4, -0.2) is 23.2 Å². The smallest absolute Gasteiger partial charge is 0.267 e. The number of aromatic nitrogens is 2. The van der Waals surface area contributed by atoms with Crippen molar-refractivity contribution in [2.24, 2.45) is 0 Å². The fraction of sp³-hybridized carbons (Fsp3) is 0.0476. The average molecular weight is 441 g/mol. The third-order valence-corrected chi connectivity index (χ3v) is 7.49. The summed E-state index contributed by atoms with van der Waals surface area (Å²) in [5.41, 5.74) is 3.02. The Labute approximate surface area is 176 Å². The summed E-state index contributed by atoms with van der Waals surface area (Å²) in [7, 11) is -3.73. The second kappa shape index (κ2) is 7.90. The van der Waals surface area contributed by atoms with Crippen LogP contribution < -0.4 is 0 Å². The molecule has 0 N–H and O–H groups in total. The molecule has 0 unspecified atom stereocenters. The highest BCUT2D eigenvalue weighted by Gasteiger charge is 2.17. The highest BCUT2D eigenvalue weighted by Crippen LogP contribution is 2.26. The Morgan fingerprint density at radius 3 is 2.62 bits per heavy atom. The minimum atomic E-state index is -3.73. The molecular weight excluding hydrogens is 424 g/mol. The Kier molecular flexibility index (Phi) is 5.31. The molecule has 0 amide bonds. The molecule has 4 rings (SSSR count). The zero-order valence-corrected chi connectivity index (χ0v) is 17.8. The van der Waals surface area contributed by atoms with E-state index < -0.39 is 10.0 Å². The van der Waals surface area contributed by atoms with Crippen LogP contribution in [0.3, 0.4) is 0 Å². The van der Waals surface area contributed by atoms with E-state index >= 15 is 0 Å². The normalized spacial score (nSPS) is 11.9. The molecule has 3 heterocycles. The fourth-order valence-corrected chi connectivity index (χ4v) is 5.34. The van der Waals surface area contributed by atoms with Crippen LogP contribution in [0.25, 0.3) is 16.6 Å². The Morgan fingerprint density at radius 1 is 1.10 bits per heavy atom. The first-order chi connectivity index (χ1) is 13.9. The summed E-state index contributed by atoms with van der Waals surface area (Å²) in [5.74, 6) is -0.284. The lowest BCUT2D eigenvalue weighted by molar-refractivity contribution is 0.104. The van der Waals surface area contributed by atoms with E-state index in [4.69, 9.17) is 0 Å². The number of benzene rings is 1. The van der Waals surface area contributed by atoms with Crippen LogP contribution in [0.4, 0.5) is 0 Å². The third-order valence-electron chi connectivity index (χ3n) is 4.24. The van der Waals surface area contributed by atoms with Crippen LogP contribution in [-0.2, 0) is 10.0 Å². The van der Waals surface area contributed by atoms with Crippen molar-refractivity contribution in [2.75, 3.05) is 0 Å². The van der Waals surface area contributed by atoms with Gasteiger partial charge >= 0.3 is 0 Å². The standard InChI is InChI=1S/C21H16N2O3S3/c1-15-2-5-19(6-3-15)29(25,26)23-10-8-16(12-23)20(24)7-4-18-14-28-21(22-18)17-9-11-27-13-17/h2-14H,1H3/b7-4+. The molecule has 146 valence electrons. The van der Waals surface area contributed by atoms with Crippen molar-refractivity contribution in [3.8, 4) is 10.6 Å². The molecule has 3 aromatic heterocycles. The van der Waals surface area contributed by atoms with Crippen LogP contribution in [0, 0.1) is 6.92 Å². The minimum Gasteiger partial charge on any atom is -0.289 e. The van der Waals surface area contributed by atoms with Gasteiger partial charge in [-0.25, -0.2) is 17.4 Å². The molecule has 0 saturated heterocycles. The van der Waals surface area contributed by atoms with Crippen molar-refractivity contribution in [1.29, 1.82) is 0 Å². The number of thiazole rings is 1.